The van der Waals surface area contributed by atoms with E-state index in [1.54, 1.807) is 10.9 Å². The van der Waals surface area contributed by atoms with E-state index >= 15 is 0 Å². The van der Waals surface area contributed by atoms with Gasteiger partial charge in [-0.05, 0) is 40.9 Å². The molecule has 0 aromatic carbocycles. The Morgan fingerprint density at radius 3 is 2.50 bits per heavy atom. The van der Waals surface area contributed by atoms with Crippen LogP contribution in [0.1, 0.15) is 25.7 Å². The monoisotopic (exact) mass is 336 g/mol. The molecular weight excluding hydrogens is 320 g/mol. The van der Waals surface area contributed by atoms with Crippen LogP contribution in [-0.4, -0.2) is 32.8 Å². The largest absolute Gasteiger partial charge is 0.368 e. The first kappa shape index (κ1) is 13.4. The van der Waals surface area contributed by atoms with E-state index in [0.29, 0.717) is 17.7 Å². The van der Waals surface area contributed by atoms with Crippen LogP contribution in [0.4, 0.5) is 11.9 Å². The van der Waals surface area contributed by atoms with Gasteiger partial charge in [-0.15, -0.1) is 5.10 Å². The predicted octanol–water partition coefficient (Wildman–Crippen LogP) is 2.39. The first-order valence-corrected chi connectivity index (χ1v) is 7.63. The molecular formula is C13H17BrN6. The summed E-state index contributed by atoms with van der Waals surface area (Å²) < 4.78 is 2.51. The summed E-state index contributed by atoms with van der Waals surface area (Å²) in [5.41, 5.74) is 5.97. The van der Waals surface area contributed by atoms with E-state index in [-0.39, 0.29) is 0 Å². The second-order valence-electron chi connectivity index (χ2n) is 4.92. The number of hydrogen-bond acceptors (Lipinski definition) is 5. The van der Waals surface area contributed by atoms with Crippen molar-refractivity contribution < 1.29 is 0 Å². The molecule has 2 aromatic heterocycles. The Balaban J connectivity index is 1.88. The number of nitrogens with two attached hydrogens (primary N) is 1. The van der Waals surface area contributed by atoms with Crippen molar-refractivity contribution in [2.75, 3.05) is 23.7 Å². The Bertz CT molecular complexity index is 571. The van der Waals surface area contributed by atoms with E-state index in [0.717, 1.165) is 17.6 Å². The lowest BCUT2D eigenvalue weighted by Gasteiger charge is -2.17. The molecule has 0 saturated carbocycles. The fourth-order valence-electron chi connectivity index (χ4n) is 2.38. The van der Waals surface area contributed by atoms with Crippen LogP contribution < -0.4 is 10.6 Å². The standard InChI is InChI=1S/C13H17BrN6/c14-10-5-6-11(16-9-10)20-12(15)17-13(18-20)19-7-3-1-2-4-8-19/h5-6,9H,1-4,7-8H2,(H2,15,17,18). The molecule has 1 saturated heterocycles. The van der Waals surface area contributed by atoms with Gasteiger partial charge in [-0.25, -0.2) is 4.98 Å². The smallest absolute Gasteiger partial charge is 0.247 e. The van der Waals surface area contributed by atoms with Gasteiger partial charge >= 0.3 is 0 Å². The molecule has 6 nitrogen and oxygen atoms in total. The highest BCUT2D eigenvalue weighted by Gasteiger charge is 2.17. The summed E-state index contributed by atoms with van der Waals surface area (Å²) in [4.78, 5) is 10.9. The van der Waals surface area contributed by atoms with Crippen molar-refractivity contribution in [1.29, 1.82) is 0 Å². The van der Waals surface area contributed by atoms with E-state index in [2.05, 4.69) is 35.9 Å². The molecule has 0 radical (unpaired) electrons. The van der Waals surface area contributed by atoms with Crippen molar-refractivity contribution in [1.82, 2.24) is 19.7 Å². The molecule has 1 aliphatic rings. The van der Waals surface area contributed by atoms with Gasteiger partial charge in [0.05, 0.1) is 0 Å². The van der Waals surface area contributed by atoms with Crippen LogP contribution in [0.3, 0.4) is 0 Å². The van der Waals surface area contributed by atoms with Crippen LogP contribution in [0.2, 0.25) is 0 Å². The van der Waals surface area contributed by atoms with Gasteiger partial charge in [0.15, 0.2) is 5.82 Å². The first-order chi connectivity index (χ1) is 9.74. The Hall–Kier alpha value is -1.63. The minimum atomic E-state index is 0.374. The minimum Gasteiger partial charge on any atom is -0.368 e. The third-order valence-corrected chi connectivity index (χ3v) is 3.91. The summed E-state index contributed by atoms with van der Waals surface area (Å²) in [6.45, 7) is 1.99. The number of halogens is 1. The van der Waals surface area contributed by atoms with Crippen LogP contribution in [0.25, 0.3) is 5.82 Å². The third kappa shape index (κ3) is 2.77. The maximum Gasteiger partial charge on any atom is 0.247 e. The zero-order valence-electron chi connectivity index (χ0n) is 11.2. The molecule has 3 heterocycles. The highest BCUT2D eigenvalue weighted by Crippen LogP contribution is 2.19. The fourth-order valence-corrected chi connectivity index (χ4v) is 2.61. The molecule has 106 valence electrons. The number of aromatic nitrogens is 4. The van der Waals surface area contributed by atoms with Crippen molar-refractivity contribution in [3.05, 3.63) is 22.8 Å². The zero-order valence-corrected chi connectivity index (χ0v) is 12.8. The van der Waals surface area contributed by atoms with Gasteiger partial charge in [0.25, 0.3) is 0 Å². The molecule has 20 heavy (non-hydrogen) atoms. The van der Waals surface area contributed by atoms with Gasteiger partial charge in [0.1, 0.15) is 0 Å². The predicted molar refractivity (Wildman–Crippen MR) is 81.9 cm³/mol. The number of anilines is 2. The van der Waals surface area contributed by atoms with Crippen LogP contribution in [-0.2, 0) is 0 Å². The lowest BCUT2D eigenvalue weighted by molar-refractivity contribution is 0.726. The van der Waals surface area contributed by atoms with Crippen LogP contribution in [0.15, 0.2) is 22.8 Å². The number of nitrogen functional groups attached to an aromatic ring is 1. The minimum absolute atomic E-state index is 0.374. The van der Waals surface area contributed by atoms with E-state index < -0.39 is 0 Å². The number of rotatable bonds is 2. The van der Waals surface area contributed by atoms with Crippen LogP contribution in [0.5, 0.6) is 0 Å². The summed E-state index contributed by atoms with van der Waals surface area (Å²) in [5, 5.41) is 4.50. The molecule has 0 atom stereocenters. The number of pyridine rings is 1. The zero-order chi connectivity index (χ0) is 13.9. The summed E-state index contributed by atoms with van der Waals surface area (Å²) in [7, 11) is 0. The molecule has 1 aliphatic heterocycles. The van der Waals surface area contributed by atoms with Crippen molar-refractivity contribution in [2.24, 2.45) is 0 Å². The van der Waals surface area contributed by atoms with E-state index in [1.807, 2.05) is 12.1 Å². The maximum atomic E-state index is 5.97. The lowest BCUT2D eigenvalue weighted by atomic mass is 10.2. The second-order valence-corrected chi connectivity index (χ2v) is 5.83. The summed E-state index contributed by atoms with van der Waals surface area (Å²) in [6, 6.07) is 3.77. The Morgan fingerprint density at radius 2 is 1.85 bits per heavy atom. The fraction of sp³-hybridized carbons (Fsp3) is 0.462. The first-order valence-electron chi connectivity index (χ1n) is 6.83. The maximum absolute atomic E-state index is 5.97. The molecule has 3 rings (SSSR count). The Kier molecular flexibility index (Phi) is 3.86. The summed E-state index contributed by atoms with van der Waals surface area (Å²) >= 11 is 3.37. The summed E-state index contributed by atoms with van der Waals surface area (Å²) in [5.74, 6) is 1.76. The quantitative estimate of drug-likeness (QED) is 0.911. The van der Waals surface area contributed by atoms with Gasteiger partial charge in [0.2, 0.25) is 11.9 Å². The summed E-state index contributed by atoms with van der Waals surface area (Å²) in [6.07, 6.45) is 6.65. The highest BCUT2D eigenvalue weighted by molar-refractivity contribution is 9.10. The van der Waals surface area contributed by atoms with Gasteiger partial charge in [0, 0.05) is 23.8 Å². The van der Waals surface area contributed by atoms with E-state index in [4.69, 9.17) is 5.73 Å². The Morgan fingerprint density at radius 1 is 1.10 bits per heavy atom. The van der Waals surface area contributed by atoms with Crippen molar-refractivity contribution in [3.63, 3.8) is 0 Å². The van der Waals surface area contributed by atoms with Crippen molar-refractivity contribution >= 4 is 27.8 Å². The molecule has 0 amide bonds. The van der Waals surface area contributed by atoms with Gasteiger partial charge in [-0.1, -0.05) is 12.8 Å². The topological polar surface area (TPSA) is 72.9 Å². The van der Waals surface area contributed by atoms with Gasteiger partial charge in [-0.2, -0.15) is 9.67 Å². The van der Waals surface area contributed by atoms with E-state index in [1.165, 1.54) is 25.7 Å². The third-order valence-electron chi connectivity index (χ3n) is 3.44. The molecule has 0 unspecified atom stereocenters. The average Bonchev–Trinajstić information content (AvgIpc) is 2.66. The normalized spacial score (nSPS) is 16.1. The number of nitrogens with zero attached hydrogens (tertiary/aromatic N) is 5. The highest BCUT2D eigenvalue weighted by atomic mass is 79.9. The number of hydrogen-bond donors (Lipinski definition) is 1. The van der Waals surface area contributed by atoms with Crippen LogP contribution in [0, 0.1) is 0 Å². The molecule has 7 heteroatoms. The van der Waals surface area contributed by atoms with Crippen molar-refractivity contribution in [2.45, 2.75) is 25.7 Å². The molecule has 0 aliphatic carbocycles. The van der Waals surface area contributed by atoms with Crippen LogP contribution >= 0.6 is 15.9 Å². The molecule has 0 bridgehead atoms. The molecule has 0 spiro atoms. The van der Waals surface area contributed by atoms with Crippen molar-refractivity contribution in [3.8, 4) is 5.82 Å². The molecule has 2 N–H and O–H groups in total. The van der Waals surface area contributed by atoms with Gasteiger partial charge < -0.3 is 10.6 Å². The Labute approximate surface area is 126 Å². The average molecular weight is 337 g/mol. The molecule has 1 fully saturated rings. The van der Waals surface area contributed by atoms with Gasteiger partial charge in [-0.3, -0.25) is 0 Å². The van der Waals surface area contributed by atoms with E-state index in [9.17, 15) is 0 Å². The second kappa shape index (κ2) is 5.78. The lowest BCUT2D eigenvalue weighted by Crippen LogP contribution is -2.25. The SMILES string of the molecule is Nc1nc(N2CCCCCC2)nn1-c1ccc(Br)cn1. The molecule has 2 aromatic rings.